The van der Waals surface area contributed by atoms with Crippen molar-refractivity contribution in [3.05, 3.63) is 47.8 Å². The Morgan fingerprint density at radius 1 is 1.43 bits per heavy atom. The molecule has 2 aromatic rings. The van der Waals surface area contributed by atoms with Gasteiger partial charge in [0.25, 0.3) is 5.91 Å². The van der Waals surface area contributed by atoms with E-state index in [1.54, 1.807) is 10.9 Å². The Hall–Kier alpha value is -2.21. The third-order valence-corrected chi connectivity index (χ3v) is 4.24. The van der Waals surface area contributed by atoms with Gasteiger partial charge >= 0.3 is 0 Å². The van der Waals surface area contributed by atoms with Crippen LogP contribution < -0.4 is 10.6 Å². The quantitative estimate of drug-likeness (QED) is 0.794. The summed E-state index contributed by atoms with van der Waals surface area (Å²) in [6.07, 6.45) is 6.70. The molecule has 3 rings (SSSR count). The first-order chi connectivity index (χ1) is 11.3. The molecule has 1 atom stereocenters. The number of carbonyl (C=O) groups is 1. The van der Waals surface area contributed by atoms with Crippen molar-refractivity contribution in [2.45, 2.75) is 31.7 Å². The Morgan fingerprint density at radius 3 is 3.17 bits per heavy atom. The van der Waals surface area contributed by atoms with Crippen molar-refractivity contribution >= 4 is 5.91 Å². The fourth-order valence-corrected chi connectivity index (χ4v) is 2.97. The number of hydrogen-bond acceptors (Lipinski definition) is 4. The minimum atomic E-state index is -0.00536. The minimum absolute atomic E-state index is 0.00536. The molecule has 1 saturated heterocycles. The van der Waals surface area contributed by atoms with Crippen LogP contribution in [0.5, 0.6) is 0 Å². The maximum Gasteiger partial charge on any atom is 0.251 e. The van der Waals surface area contributed by atoms with E-state index in [2.05, 4.69) is 27.0 Å². The van der Waals surface area contributed by atoms with Crippen LogP contribution in [-0.2, 0) is 6.54 Å². The van der Waals surface area contributed by atoms with Gasteiger partial charge in [-0.1, -0.05) is 17.3 Å². The molecule has 1 aromatic carbocycles. The monoisotopic (exact) mass is 313 g/mol. The number of aromatic nitrogens is 3. The van der Waals surface area contributed by atoms with E-state index < -0.39 is 0 Å². The van der Waals surface area contributed by atoms with E-state index in [0.717, 1.165) is 31.6 Å². The van der Waals surface area contributed by atoms with Crippen LogP contribution in [0.2, 0.25) is 0 Å². The fraction of sp³-hybridized carbons (Fsp3) is 0.471. The van der Waals surface area contributed by atoms with Crippen molar-refractivity contribution in [1.29, 1.82) is 0 Å². The van der Waals surface area contributed by atoms with E-state index in [9.17, 15) is 4.79 Å². The van der Waals surface area contributed by atoms with Gasteiger partial charge in [-0.2, -0.15) is 0 Å². The van der Waals surface area contributed by atoms with Gasteiger partial charge in [-0.25, -0.2) is 0 Å². The zero-order valence-corrected chi connectivity index (χ0v) is 13.2. The predicted octanol–water partition coefficient (Wildman–Crippen LogP) is 1.57. The lowest BCUT2D eigenvalue weighted by Crippen LogP contribution is -2.29. The number of benzene rings is 1. The summed E-state index contributed by atoms with van der Waals surface area (Å²) in [5, 5.41) is 14.1. The van der Waals surface area contributed by atoms with Crippen molar-refractivity contribution < 1.29 is 4.79 Å². The molecular weight excluding hydrogens is 290 g/mol. The first-order valence-corrected chi connectivity index (χ1v) is 8.26. The van der Waals surface area contributed by atoms with Gasteiger partial charge in [-0.15, -0.1) is 5.10 Å². The van der Waals surface area contributed by atoms with Crippen molar-refractivity contribution in [1.82, 2.24) is 25.6 Å². The smallest absolute Gasteiger partial charge is 0.251 e. The molecule has 1 aliphatic rings. The standard InChI is InChI=1S/C17H23N5O/c23-17(19-8-3-10-22-11-9-20-21-22)15-5-1-4-14(12-15)16-6-2-7-18-13-16/h1,4-5,9,11-12,16,18H,2-3,6-8,10,13H2,(H,19,23)/t16-/m1/s1. The molecule has 1 amide bonds. The molecule has 2 heterocycles. The largest absolute Gasteiger partial charge is 0.352 e. The summed E-state index contributed by atoms with van der Waals surface area (Å²) in [5.74, 6) is 0.512. The number of aryl methyl sites for hydroxylation is 1. The maximum absolute atomic E-state index is 12.3. The molecule has 0 unspecified atom stereocenters. The van der Waals surface area contributed by atoms with E-state index in [0.29, 0.717) is 12.5 Å². The summed E-state index contributed by atoms with van der Waals surface area (Å²) in [4.78, 5) is 12.3. The molecule has 0 aliphatic carbocycles. The zero-order chi connectivity index (χ0) is 15.9. The van der Waals surface area contributed by atoms with Crippen molar-refractivity contribution in [3.63, 3.8) is 0 Å². The van der Waals surface area contributed by atoms with Gasteiger partial charge in [0.2, 0.25) is 0 Å². The van der Waals surface area contributed by atoms with Crippen LogP contribution in [0.25, 0.3) is 0 Å². The highest BCUT2D eigenvalue weighted by molar-refractivity contribution is 5.94. The highest BCUT2D eigenvalue weighted by Crippen LogP contribution is 2.23. The summed E-state index contributed by atoms with van der Waals surface area (Å²) in [7, 11) is 0. The second-order valence-corrected chi connectivity index (χ2v) is 5.94. The van der Waals surface area contributed by atoms with Gasteiger partial charge in [-0.3, -0.25) is 9.48 Å². The third kappa shape index (κ3) is 4.39. The highest BCUT2D eigenvalue weighted by Gasteiger charge is 2.16. The van der Waals surface area contributed by atoms with Crippen LogP contribution in [-0.4, -0.2) is 40.5 Å². The van der Waals surface area contributed by atoms with Crippen molar-refractivity contribution in [3.8, 4) is 0 Å². The molecule has 23 heavy (non-hydrogen) atoms. The van der Waals surface area contributed by atoms with Crippen LogP contribution >= 0.6 is 0 Å². The average molecular weight is 313 g/mol. The van der Waals surface area contributed by atoms with Gasteiger partial charge in [-0.05, 0) is 49.4 Å². The molecule has 0 bridgehead atoms. The zero-order valence-electron chi connectivity index (χ0n) is 13.2. The van der Waals surface area contributed by atoms with Crippen molar-refractivity contribution in [2.24, 2.45) is 0 Å². The Bertz CT molecular complexity index is 620. The van der Waals surface area contributed by atoms with Crippen LogP contribution in [0.1, 0.15) is 41.1 Å². The van der Waals surface area contributed by atoms with E-state index in [1.807, 2.05) is 24.4 Å². The van der Waals surface area contributed by atoms with Crippen LogP contribution in [0, 0.1) is 0 Å². The summed E-state index contributed by atoms with van der Waals surface area (Å²) in [6.45, 7) is 3.49. The van der Waals surface area contributed by atoms with Gasteiger partial charge in [0.05, 0.1) is 6.20 Å². The highest BCUT2D eigenvalue weighted by atomic mass is 16.1. The summed E-state index contributed by atoms with van der Waals surface area (Å²) < 4.78 is 1.77. The Labute approximate surface area is 136 Å². The van der Waals surface area contributed by atoms with Crippen molar-refractivity contribution in [2.75, 3.05) is 19.6 Å². The Morgan fingerprint density at radius 2 is 2.39 bits per heavy atom. The number of rotatable bonds is 6. The topological polar surface area (TPSA) is 71.8 Å². The lowest BCUT2D eigenvalue weighted by Gasteiger charge is -2.23. The Kier molecular flexibility index (Phi) is 5.37. The molecule has 6 heteroatoms. The summed E-state index contributed by atoms with van der Waals surface area (Å²) >= 11 is 0. The second-order valence-electron chi connectivity index (χ2n) is 5.94. The number of nitrogens with zero attached hydrogens (tertiary/aromatic N) is 3. The van der Waals surface area contributed by atoms with Gasteiger partial charge < -0.3 is 10.6 Å². The first kappa shape index (κ1) is 15.7. The molecule has 1 aromatic heterocycles. The van der Waals surface area contributed by atoms with E-state index in [1.165, 1.54) is 18.4 Å². The lowest BCUT2D eigenvalue weighted by atomic mass is 9.90. The van der Waals surface area contributed by atoms with Crippen LogP contribution in [0.3, 0.4) is 0 Å². The molecule has 1 aliphatic heterocycles. The molecule has 0 radical (unpaired) electrons. The van der Waals surface area contributed by atoms with Gasteiger partial charge in [0, 0.05) is 31.4 Å². The summed E-state index contributed by atoms with van der Waals surface area (Å²) in [5.41, 5.74) is 2.00. The maximum atomic E-state index is 12.3. The molecular formula is C17H23N5O. The van der Waals surface area contributed by atoms with Crippen LogP contribution in [0.15, 0.2) is 36.7 Å². The molecule has 1 fully saturated rings. The number of nitrogens with one attached hydrogen (secondary N) is 2. The van der Waals surface area contributed by atoms with E-state index >= 15 is 0 Å². The fourth-order valence-electron chi connectivity index (χ4n) is 2.97. The predicted molar refractivity (Wildman–Crippen MR) is 88.3 cm³/mol. The van der Waals surface area contributed by atoms with E-state index in [-0.39, 0.29) is 5.91 Å². The van der Waals surface area contributed by atoms with Crippen LogP contribution in [0.4, 0.5) is 0 Å². The molecule has 6 nitrogen and oxygen atoms in total. The minimum Gasteiger partial charge on any atom is -0.352 e. The number of amides is 1. The third-order valence-electron chi connectivity index (χ3n) is 4.24. The molecule has 0 spiro atoms. The molecule has 2 N–H and O–H groups in total. The lowest BCUT2D eigenvalue weighted by molar-refractivity contribution is 0.0952. The Balaban J connectivity index is 1.50. The average Bonchev–Trinajstić information content (AvgIpc) is 3.13. The number of piperidine rings is 1. The van der Waals surface area contributed by atoms with E-state index in [4.69, 9.17) is 0 Å². The summed E-state index contributed by atoms with van der Waals surface area (Å²) in [6, 6.07) is 8.02. The molecule has 0 saturated carbocycles. The van der Waals surface area contributed by atoms with Gasteiger partial charge in [0.1, 0.15) is 0 Å². The number of hydrogen-bond donors (Lipinski definition) is 2. The van der Waals surface area contributed by atoms with Gasteiger partial charge in [0.15, 0.2) is 0 Å². The molecule has 122 valence electrons. The second kappa shape index (κ2) is 7.87. The first-order valence-electron chi connectivity index (χ1n) is 8.26. The number of carbonyl (C=O) groups excluding carboxylic acids is 1. The SMILES string of the molecule is O=C(NCCCn1ccnn1)c1cccc([C@@H]2CCCNC2)c1. The normalized spacial score (nSPS) is 17.8.